The van der Waals surface area contributed by atoms with Crippen molar-refractivity contribution in [3.63, 3.8) is 0 Å². The summed E-state index contributed by atoms with van der Waals surface area (Å²) < 4.78 is 16.8. The van der Waals surface area contributed by atoms with Crippen LogP contribution in [0.1, 0.15) is 89.3 Å². The number of aromatic amines is 1. The van der Waals surface area contributed by atoms with Crippen molar-refractivity contribution >= 4 is 28.5 Å². The standard InChI is InChI=1S/C36H44ClFN6O/c1-22(25-9-10-25)6-4-7-24-18-29(33(38)30(37)19-24)32-20-27-21-44(35(45)42-34(27)41-32)28-13-11-26(12-14-28)31-8-5-15-36(3,43-31)16-17-40-23(2)39/h11-14,18-22,25,31,43H,4-10,15-17H2,1-3H3,(H2,39,40)(H,41,42,45). The Morgan fingerprint density at radius 3 is 2.73 bits per heavy atom. The van der Waals surface area contributed by atoms with E-state index in [2.05, 4.69) is 46.3 Å². The first-order chi connectivity index (χ1) is 21.6. The van der Waals surface area contributed by atoms with E-state index >= 15 is 4.39 Å². The number of halogens is 2. The van der Waals surface area contributed by atoms with Crippen LogP contribution in [0.15, 0.2) is 58.4 Å². The van der Waals surface area contributed by atoms with Crippen LogP contribution in [0, 0.1) is 17.7 Å². The fourth-order valence-corrected chi connectivity index (χ4v) is 7.14. The van der Waals surface area contributed by atoms with E-state index in [1.165, 1.54) is 29.4 Å². The molecule has 2 aromatic carbocycles. The molecule has 9 heteroatoms. The Kier molecular flexibility index (Phi) is 9.16. The summed E-state index contributed by atoms with van der Waals surface area (Å²) in [7, 11) is 0. The summed E-state index contributed by atoms with van der Waals surface area (Å²) in [5.74, 6) is 1.76. The van der Waals surface area contributed by atoms with Crippen LogP contribution < -0.4 is 16.7 Å². The fraction of sp³-hybridized carbons (Fsp3) is 0.472. The Bertz CT molecular complexity index is 1750. The number of H-pyrrole nitrogens is 1. The summed E-state index contributed by atoms with van der Waals surface area (Å²) in [6, 6.07) is 13.7. The minimum absolute atomic E-state index is 0.00371. The summed E-state index contributed by atoms with van der Waals surface area (Å²) in [5.41, 5.74) is 9.61. The van der Waals surface area contributed by atoms with Gasteiger partial charge in [0.15, 0.2) is 5.82 Å². The van der Waals surface area contributed by atoms with Gasteiger partial charge in [-0.15, -0.1) is 0 Å². The lowest BCUT2D eigenvalue weighted by atomic mass is 9.83. The van der Waals surface area contributed by atoms with Gasteiger partial charge in [0.1, 0.15) is 5.65 Å². The van der Waals surface area contributed by atoms with E-state index in [-0.39, 0.29) is 16.6 Å². The number of aromatic nitrogens is 3. The molecule has 1 aliphatic heterocycles. The quantitative estimate of drug-likeness (QED) is 0.116. The highest BCUT2D eigenvalue weighted by Crippen LogP contribution is 2.39. The molecule has 0 bridgehead atoms. The Labute approximate surface area is 269 Å². The van der Waals surface area contributed by atoms with Crippen molar-refractivity contribution in [1.29, 1.82) is 0 Å². The van der Waals surface area contributed by atoms with Crippen LogP contribution in [0.2, 0.25) is 5.02 Å². The van der Waals surface area contributed by atoms with Gasteiger partial charge < -0.3 is 16.0 Å². The molecule has 0 spiro atoms. The second kappa shape index (κ2) is 13.1. The number of aryl methyl sites for hydroxylation is 1. The molecule has 0 radical (unpaired) electrons. The third-order valence-corrected chi connectivity index (χ3v) is 10.1. The number of nitrogens with zero attached hydrogens (tertiary/aromatic N) is 3. The number of aliphatic imine (C=N–C) groups is 1. The number of benzene rings is 2. The van der Waals surface area contributed by atoms with Crippen LogP contribution >= 0.6 is 11.6 Å². The SMILES string of the molecule is CC(N)=NCCC1(C)CCCC(c2ccc(-n3cc4cc(-c5cc(CCCC(C)C6CC6)cc(Cl)c5F)[nH]c4nc3=O)cc2)N1. The Morgan fingerprint density at radius 2 is 2.00 bits per heavy atom. The fourth-order valence-electron chi connectivity index (χ4n) is 6.89. The van der Waals surface area contributed by atoms with Crippen LogP contribution in [0.25, 0.3) is 28.0 Å². The van der Waals surface area contributed by atoms with E-state index in [1.54, 1.807) is 12.3 Å². The molecule has 1 saturated heterocycles. The zero-order chi connectivity index (χ0) is 31.7. The molecule has 2 aromatic heterocycles. The number of amidine groups is 1. The van der Waals surface area contributed by atoms with Crippen molar-refractivity contribution in [2.75, 3.05) is 6.54 Å². The topological polar surface area (TPSA) is 101 Å². The van der Waals surface area contributed by atoms with E-state index in [0.29, 0.717) is 34.7 Å². The van der Waals surface area contributed by atoms with Gasteiger partial charge in [-0.3, -0.25) is 9.56 Å². The average molecular weight is 631 g/mol. The number of hydrogen-bond acceptors (Lipinski definition) is 4. The Balaban J connectivity index is 1.19. The lowest BCUT2D eigenvalue weighted by Gasteiger charge is -2.40. The molecule has 3 atom stereocenters. The maximum atomic E-state index is 15.3. The van der Waals surface area contributed by atoms with Gasteiger partial charge in [0, 0.05) is 35.3 Å². The number of piperidine rings is 1. The van der Waals surface area contributed by atoms with Crippen LogP contribution in [-0.2, 0) is 6.42 Å². The van der Waals surface area contributed by atoms with E-state index in [0.717, 1.165) is 61.6 Å². The van der Waals surface area contributed by atoms with Crippen molar-refractivity contribution in [3.05, 3.63) is 81.1 Å². The first kappa shape index (κ1) is 31.5. The maximum Gasteiger partial charge on any atom is 0.354 e. The van der Waals surface area contributed by atoms with Gasteiger partial charge in [-0.05, 0) is 119 Å². The highest BCUT2D eigenvalue weighted by molar-refractivity contribution is 6.31. The number of nitrogens with two attached hydrogens (primary N) is 1. The zero-order valence-corrected chi connectivity index (χ0v) is 27.3. The van der Waals surface area contributed by atoms with Crippen molar-refractivity contribution in [2.45, 2.75) is 90.1 Å². The van der Waals surface area contributed by atoms with E-state index < -0.39 is 11.5 Å². The van der Waals surface area contributed by atoms with E-state index in [1.807, 2.05) is 31.2 Å². The average Bonchev–Trinajstić information content (AvgIpc) is 3.78. The molecule has 2 aliphatic rings. The van der Waals surface area contributed by atoms with Crippen LogP contribution in [0.5, 0.6) is 0 Å². The van der Waals surface area contributed by atoms with Gasteiger partial charge in [-0.2, -0.15) is 4.98 Å². The molecule has 6 rings (SSSR count). The van der Waals surface area contributed by atoms with Gasteiger partial charge in [0.05, 0.1) is 22.2 Å². The summed E-state index contributed by atoms with van der Waals surface area (Å²) >= 11 is 6.35. The second-order valence-electron chi connectivity index (χ2n) is 13.5. The van der Waals surface area contributed by atoms with Gasteiger partial charge in [0.25, 0.3) is 0 Å². The second-order valence-corrected chi connectivity index (χ2v) is 13.9. The Morgan fingerprint density at radius 1 is 1.22 bits per heavy atom. The predicted molar refractivity (Wildman–Crippen MR) is 182 cm³/mol. The molecule has 45 heavy (non-hydrogen) atoms. The minimum Gasteiger partial charge on any atom is -0.388 e. The third kappa shape index (κ3) is 7.33. The number of fused-ring (bicyclic) bond motifs is 1. The van der Waals surface area contributed by atoms with Crippen molar-refractivity contribution in [3.8, 4) is 16.9 Å². The molecule has 2 fully saturated rings. The first-order valence-corrected chi connectivity index (χ1v) is 16.7. The third-order valence-electron chi connectivity index (χ3n) is 9.78. The number of hydrogen-bond donors (Lipinski definition) is 3. The molecular formula is C36H44ClFN6O. The highest BCUT2D eigenvalue weighted by Gasteiger charge is 2.31. The van der Waals surface area contributed by atoms with Gasteiger partial charge in [-0.25, -0.2) is 9.18 Å². The van der Waals surface area contributed by atoms with Crippen LogP contribution in [0.3, 0.4) is 0 Å². The molecule has 1 aliphatic carbocycles. The molecule has 7 nitrogen and oxygen atoms in total. The molecule has 3 heterocycles. The van der Waals surface area contributed by atoms with E-state index in [4.69, 9.17) is 17.3 Å². The Hall–Kier alpha value is -3.49. The normalized spacial score (nSPS) is 21.4. The maximum absolute atomic E-state index is 15.3. The molecular weight excluding hydrogens is 587 g/mol. The van der Waals surface area contributed by atoms with Crippen molar-refractivity contribution in [1.82, 2.24) is 19.9 Å². The summed E-state index contributed by atoms with van der Waals surface area (Å²) in [5, 5.41) is 4.66. The lowest BCUT2D eigenvalue weighted by molar-refractivity contribution is 0.215. The summed E-state index contributed by atoms with van der Waals surface area (Å²) in [6.45, 7) is 7.12. The van der Waals surface area contributed by atoms with Crippen LogP contribution in [-0.4, -0.2) is 32.5 Å². The van der Waals surface area contributed by atoms with Crippen molar-refractivity contribution < 1.29 is 4.39 Å². The number of nitrogens with one attached hydrogen (secondary N) is 2. The van der Waals surface area contributed by atoms with Gasteiger partial charge in [-0.1, -0.05) is 37.1 Å². The molecule has 4 aromatic rings. The summed E-state index contributed by atoms with van der Waals surface area (Å²) in [4.78, 5) is 24.9. The predicted octanol–water partition coefficient (Wildman–Crippen LogP) is 7.88. The van der Waals surface area contributed by atoms with Crippen molar-refractivity contribution in [2.24, 2.45) is 22.6 Å². The zero-order valence-electron chi connectivity index (χ0n) is 26.5. The molecule has 238 valence electrons. The largest absolute Gasteiger partial charge is 0.388 e. The smallest absolute Gasteiger partial charge is 0.354 e. The molecule has 4 N–H and O–H groups in total. The molecule has 3 unspecified atom stereocenters. The highest BCUT2D eigenvalue weighted by atomic mass is 35.5. The number of rotatable bonds is 11. The first-order valence-electron chi connectivity index (χ1n) is 16.3. The van der Waals surface area contributed by atoms with E-state index in [9.17, 15) is 4.79 Å². The lowest BCUT2D eigenvalue weighted by Crippen LogP contribution is -2.48. The van der Waals surface area contributed by atoms with Gasteiger partial charge in [0.2, 0.25) is 0 Å². The molecule has 0 amide bonds. The monoisotopic (exact) mass is 630 g/mol. The summed E-state index contributed by atoms with van der Waals surface area (Å²) in [6.07, 6.45) is 11.7. The minimum atomic E-state index is -0.473. The van der Waals surface area contributed by atoms with Gasteiger partial charge >= 0.3 is 5.69 Å². The van der Waals surface area contributed by atoms with Crippen LogP contribution in [0.4, 0.5) is 4.39 Å². The molecule has 1 saturated carbocycles.